The molecule has 1 heterocycles. The largest absolute Gasteiger partial charge is 0.397 e. The Bertz CT molecular complexity index is 232. The molecule has 3 heteroatoms. The second-order valence-electron chi connectivity index (χ2n) is 2.18. The van der Waals surface area contributed by atoms with Gasteiger partial charge >= 0.3 is 0 Å². The van der Waals surface area contributed by atoms with E-state index in [4.69, 9.17) is 5.73 Å². The standard InChI is InChI=1S/C7H11N3/c1-5-3-6(8)4-10-7(5)9-2/h3-4H,8H2,1-2H3,(H,9,10). The summed E-state index contributed by atoms with van der Waals surface area (Å²) in [6, 6.07) is 1.89. The molecule has 0 aliphatic rings. The first-order chi connectivity index (χ1) is 4.74. The summed E-state index contributed by atoms with van der Waals surface area (Å²) in [7, 11) is 1.84. The van der Waals surface area contributed by atoms with Crippen molar-refractivity contribution in [2.75, 3.05) is 18.1 Å². The van der Waals surface area contributed by atoms with Gasteiger partial charge in [-0.2, -0.15) is 0 Å². The van der Waals surface area contributed by atoms with Crippen molar-refractivity contribution in [1.82, 2.24) is 4.98 Å². The zero-order chi connectivity index (χ0) is 7.56. The van der Waals surface area contributed by atoms with Gasteiger partial charge in [-0.25, -0.2) is 4.98 Å². The Morgan fingerprint density at radius 3 is 2.80 bits per heavy atom. The Balaban J connectivity index is 3.07. The van der Waals surface area contributed by atoms with E-state index in [1.807, 2.05) is 20.0 Å². The van der Waals surface area contributed by atoms with Crippen LogP contribution in [0, 0.1) is 6.92 Å². The van der Waals surface area contributed by atoms with E-state index in [2.05, 4.69) is 10.3 Å². The SMILES string of the molecule is CNc1ncc(N)cc1C. The number of nitrogens with zero attached hydrogens (tertiary/aromatic N) is 1. The molecule has 0 amide bonds. The maximum Gasteiger partial charge on any atom is 0.128 e. The van der Waals surface area contributed by atoms with E-state index < -0.39 is 0 Å². The second kappa shape index (κ2) is 2.56. The molecule has 0 aromatic carbocycles. The lowest BCUT2D eigenvalue weighted by Gasteiger charge is -2.02. The lowest BCUT2D eigenvalue weighted by atomic mass is 10.3. The number of hydrogen-bond acceptors (Lipinski definition) is 3. The number of nitrogens with one attached hydrogen (secondary N) is 1. The molecule has 3 N–H and O–H groups in total. The van der Waals surface area contributed by atoms with Crippen LogP contribution < -0.4 is 11.1 Å². The summed E-state index contributed by atoms with van der Waals surface area (Å²) in [5.41, 5.74) is 7.27. The Kier molecular flexibility index (Phi) is 1.76. The number of anilines is 2. The van der Waals surface area contributed by atoms with Crippen LogP contribution in [0.3, 0.4) is 0 Å². The Morgan fingerprint density at radius 2 is 2.30 bits per heavy atom. The molecule has 0 saturated heterocycles. The molecule has 0 spiro atoms. The summed E-state index contributed by atoms with van der Waals surface area (Å²) >= 11 is 0. The van der Waals surface area contributed by atoms with Crippen molar-refractivity contribution in [2.24, 2.45) is 0 Å². The first-order valence-electron chi connectivity index (χ1n) is 3.14. The van der Waals surface area contributed by atoms with Gasteiger partial charge in [-0.05, 0) is 18.6 Å². The molecule has 0 fully saturated rings. The van der Waals surface area contributed by atoms with Crippen molar-refractivity contribution in [3.8, 4) is 0 Å². The molecule has 1 rings (SSSR count). The number of aryl methyl sites for hydroxylation is 1. The van der Waals surface area contributed by atoms with E-state index in [1.54, 1.807) is 6.20 Å². The third-order valence-electron chi connectivity index (χ3n) is 1.34. The second-order valence-corrected chi connectivity index (χ2v) is 2.18. The highest BCUT2D eigenvalue weighted by molar-refractivity contribution is 5.50. The van der Waals surface area contributed by atoms with Crippen LogP contribution in [0.5, 0.6) is 0 Å². The number of pyridine rings is 1. The number of hydrogen-bond donors (Lipinski definition) is 2. The molecule has 0 aliphatic heterocycles. The van der Waals surface area contributed by atoms with Gasteiger partial charge < -0.3 is 11.1 Å². The van der Waals surface area contributed by atoms with Gasteiger partial charge in [-0.15, -0.1) is 0 Å². The fourth-order valence-corrected chi connectivity index (χ4v) is 0.858. The average Bonchev–Trinajstić information content (AvgIpc) is 1.88. The minimum atomic E-state index is 0.705. The van der Waals surface area contributed by atoms with Gasteiger partial charge in [-0.1, -0.05) is 0 Å². The molecule has 1 aromatic rings. The average molecular weight is 137 g/mol. The summed E-state index contributed by atoms with van der Waals surface area (Å²) in [5, 5.41) is 2.96. The van der Waals surface area contributed by atoms with Crippen molar-refractivity contribution >= 4 is 11.5 Å². The van der Waals surface area contributed by atoms with Crippen LogP contribution in [0.1, 0.15) is 5.56 Å². The minimum Gasteiger partial charge on any atom is -0.397 e. The summed E-state index contributed by atoms with van der Waals surface area (Å²) < 4.78 is 0. The van der Waals surface area contributed by atoms with E-state index in [0.717, 1.165) is 11.4 Å². The molecule has 0 unspecified atom stereocenters. The number of aromatic nitrogens is 1. The first kappa shape index (κ1) is 6.86. The number of rotatable bonds is 1. The zero-order valence-corrected chi connectivity index (χ0v) is 6.18. The van der Waals surface area contributed by atoms with Crippen LogP contribution in [0.25, 0.3) is 0 Å². The molecule has 10 heavy (non-hydrogen) atoms. The zero-order valence-electron chi connectivity index (χ0n) is 6.18. The summed E-state index contributed by atoms with van der Waals surface area (Å²) in [5.74, 6) is 0.884. The lowest BCUT2D eigenvalue weighted by Crippen LogP contribution is -1.96. The fraction of sp³-hybridized carbons (Fsp3) is 0.286. The topological polar surface area (TPSA) is 50.9 Å². The lowest BCUT2D eigenvalue weighted by molar-refractivity contribution is 1.24. The number of nitrogen functional groups attached to an aromatic ring is 1. The summed E-state index contributed by atoms with van der Waals surface area (Å²) in [6.45, 7) is 1.97. The molecular formula is C7H11N3. The molecule has 0 atom stereocenters. The van der Waals surface area contributed by atoms with Crippen LogP contribution in [-0.2, 0) is 0 Å². The highest BCUT2D eigenvalue weighted by Gasteiger charge is 1.94. The van der Waals surface area contributed by atoms with Gasteiger partial charge in [0, 0.05) is 7.05 Å². The van der Waals surface area contributed by atoms with Crippen LogP contribution >= 0.6 is 0 Å². The highest BCUT2D eigenvalue weighted by atomic mass is 15.0. The summed E-state index contributed by atoms with van der Waals surface area (Å²) in [4.78, 5) is 4.06. The monoisotopic (exact) mass is 137 g/mol. The van der Waals surface area contributed by atoms with E-state index >= 15 is 0 Å². The Morgan fingerprint density at radius 1 is 1.60 bits per heavy atom. The van der Waals surface area contributed by atoms with E-state index in [0.29, 0.717) is 5.69 Å². The fourth-order valence-electron chi connectivity index (χ4n) is 0.858. The molecule has 1 aromatic heterocycles. The molecule has 0 aliphatic carbocycles. The van der Waals surface area contributed by atoms with Gasteiger partial charge in [-0.3, -0.25) is 0 Å². The maximum atomic E-state index is 5.49. The van der Waals surface area contributed by atoms with Crippen molar-refractivity contribution in [3.63, 3.8) is 0 Å². The van der Waals surface area contributed by atoms with E-state index in [9.17, 15) is 0 Å². The van der Waals surface area contributed by atoms with Crippen molar-refractivity contribution in [3.05, 3.63) is 17.8 Å². The molecule has 0 radical (unpaired) electrons. The smallest absolute Gasteiger partial charge is 0.128 e. The van der Waals surface area contributed by atoms with Gasteiger partial charge in [0.15, 0.2) is 0 Å². The maximum absolute atomic E-state index is 5.49. The van der Waals surface area contributed by atoms with E-state index in [1.165, 1.54) is 0 Å². The molecule has 54 valence electrons. The van der Waals surface area contributed by atoms with Gasteiger partial charge in [0.1, 0.15) is 5.82 Å². The van der Waals surface area contributed by atoms with Crippen LogP contribution in [0.2, 0.25) is 0 Å². The van der Waals surface area contributed by atoms with Crippen LogP contribution in [0.4, 0.5) is 11.5 Å². The predicted molar refractivity (Wildman–Crippen MR) is 42.9 cm³/mol. The van der Waals surface area contributed by atoms with Crippen molar-refractivity contribution in [1.29, 1.82) is 0 Å². The van der Waals surface area contributed by atoms with Gasteiger partial charge in [0.2, 0.25) is 0 Å². The Hall–Kier alpha value is -1.25. The first-order valence-corrected chi connectivity index (χ1v) is 3.14. The quantitative estimate of drug-likeness (QED) is 0.607. The van der Waals surface area contributed by atoms with Crippen LogP contribution in [0.15, 0.2) is 12.3 Å². The molecule has 3 nitrogen and oxygen atoms in total. The van der Waals surface area contributed by atoms with Crippen LogP contribution in [-0.4, -0.2) is 12.0 Å². The molecular weight excluding hydrogens is 126 g/mol. The van der Waals surface area contributed by atoms with E-state index in [-0.39, 0.29) is 0 Å². The highest BCUT2D eigenvalue weighted by Crippen LogP contribution is 2.12. The third kappa shape index (κ3) is 1.18. The normalized spacial score (nSPS) is 9.40. The van der Waals surface area contributed by atoms with Crippen molar-refractivity contribution in [2.45, 2.75) is 6.92 Å². The third-order valence-corrected chi connectivity index (χ3v) is 1.34. The molecule has 0 bridgehead atoms. The minimum absolute atomic E-state index is 0.705. The Labute approximate surface area is 60.3 Å². The van der Waals surface area contributed by atoms with Gasteiger partial charge in [0.25, 0.3) is 0 Å². The molecule has 0 saturated carbocycles. The van der Waals surface area contributed by atoms with Gasteiger partial charge in [0.05, 0.1) is 11.9 Å². The summed E-state index contributed by atoms with van der Waals surface area (Å²) in [6.07, 6.45) is 1.64. The van der Waals surface area contributed by atoms with Crippen molar-refractivity contribution < 1.29 is 0 Å². The predicted octanol–water partition coefficient (Wildman–Crippen LogP) is 1.01. The number of nitrogens with two attached hydrogens (primary N) is 1.